The molecule has 2 N–H and O–H groups in total. The fourth-order valence-electron chi connectivity index (χ4n) is 2.26. The summed E-state index contributed by atoms with van der Waals surface area (Å²) in [6, 6.07) is 12.5. The van der Waals surface area contributed by atoms with Crippen LogP contribution in [0, 0.1) is 5.82 Å². The minimum Gasteiger partial charge on any atom is -0.326 e. The van der Waals surface area contributed by atoms with Gasteiger partial charge in [0.15, 0.2) is 0 Å². The summed E-state index contributed by atoms with van der Waals surface area (Å²) in [4.78, 5) is 24.3. The van der Waals surface area contributed by atoms with Gasteiger partial charge in [-0.15, -0.1) is 10.2 Å². The molecule has 0 spiro atoms. The van der Waals surface area contributed by atoms with Gasteiger partial charge >= 0.3 is 0 Å². The fourth-order valence-corrected chi connectivity index (χ4v) is 2.26. The van der Waals surface area contributed by atoms with Gasteiger partial charge in [-0.1, -0.05) is 18.2 Å². The number of nitrogens with one attached hydrogen (secondary N) is 2. The average Bonchev–Trinajstić information content (AvgIpc) is 3.03. The van der Waals surface area contributed by atoms with Crippen LogP contribution in [-0.2, 0) is 16.1 Å². The van der Waals surface area contributed by atoms with E-state index in [0.717, 1.165) is 4.80 Å². The Hall–Kier alpha value is -3.62. The number of aromatic nitrogens is 4. The summed E-state index contributed by atoms with van der Waals surface area (Å²) in [5.41, 5.74) is 1.56. The van der Waals surface area contributed by atoms with E-state index in [0.29, 0.717) is 16.9 Å². The fraction of sp³-hybridized carbons (Fsp3) is 0.118. The van der Waals surface area contributed by atoms with Crippen molar-refractivity contribution in [1.29, 1.82) is 0 Å². The van der Waals surface area contributed by atoms with Crippen LogP contribution >= 0.6 is 0 Å². The van der Waals surface area contributed by atoms with Crippen molar-refractivity contribution in [2.75, 3.05) is 10.6 Å². The molecule has 3 rings (SSSR count). The summed E-state index contributed by atoms with van der Waals surface area (Å²) in [7, 11) is 0. The van der Waals surface area contributed by atoms with E-state index in [1.807, 2.05) is 0 Å². The van der Waals surface area contributed by atoms with Gasteiger partial charge in [0.05, 0.1) is 0 Å². The predicted molar refractivity (Wildman–Crippen MR) is 92.6 cm³/mol. The summed E-state index contributed by atoms with van der Waals surface area (Å²) in [5.74, 6) is -0.751. The third-order valence-corrected chi connectivity index (χ3v) is 3.29. The van der Waals surface area contributed by atoms with Gasteiger partial charge in [-0.3, -0.25) is 9.59 Å². The molecule has 9 heteroatoms. The van der Waals surface area contributed by atoms with Gasteiger partial charge in [0.25, 0.3) is 0 Å². The highest BCUT2D eigenvalue weighted by molar-refractivity contribution is 5.93. The molecular weight excluding hydrogens is 339 g/mol. The Labute approximate surface area is 148 Å². The topological polar surface area (TPSA) is 102 Å². The van der Waals surface area contributed by atoms with Gasteiger partial charge in [0.2, 0.25) is 17.6 Å². The largest absolute Gasteiger partial charge is 0.326 e. The van der Waals surface area contributed by atoms with Crippen LogP contribution in [0.1, 0.15) is 6.92 Å². The lowest BCUT2D eigenvalue weighted by Crippen LogP contribution is -2.20. The lowest BCUT2D eigenvalue weighted by atomic mass is 10.2. The molecule has 26 heavy (non-hydrogen) atoms. The lowest BCUT2D eigenvalue weighted by Gasteiger charge is -2.07. The van der Waals surface area contributed by atoms with Crippen molar-refractivity contribution in [2.24, 2.45) is 0 Å². The van der Waals surface area contributed by atoms with E-state index >= 15 is 0 Å². The molecule has 0 saturated carbocycles. The van der Waals surface area contributed by atoms with Crippen LogP contribution in [-0.4, -0.2) is 32.0 Å². The van der Waals surface area contributed by atoms with Crippen LogP contribution in [0.2, 0.25) is 0 Å². The minimum atomic E-state index is -0.407. The Balaban J connectivity index is 1.65. The van der Waals surface area contributed by atoms with Gasteiger partial charge in [0, 0.05) is 23.9 Å². The first kappa shape index (κ1) is 17.2. The van der Waals surface area contributed by atoms with Crippen LogP contribution in [0.25, 0.3) is 11.4 Å². The number of carbonyl (C=O) groups excluding carboxylic acids is 2. The number of hydrogen-bond acceptors (Lipinski definition) is 5. The monoisotopic (exact) mass is 354 g/mol. The number of benzene rings is 2. The average molecular weight is 354 g/mol. The molecule has 0 unspecified atom stereocenters. The molecule has 0 atom stereocenters. The van der Waals surface area contributed by atoms with E-state index < -0.39 is 5.82 Å². The smallest absolute Gasteiger partial charge is 0.248 e. The first-order chi connectivity index (χ1) is 12.5. The quantitative estimate of drug-likeness (QED) is 0.730. The Morgan fingerprint density at radius 2 is 1.81 bits per heavy atom. The molecule has 8 nitrogen and oxygen atoms in total. The second-order valence-electron chi connectivity index (χ2n) is 5.46. The maximum absolute atomic E-state index is 13.3. The maximum Gasteiger partial charge on any atom is 0.248 e. The molecule has 0 fully saturated rings. The molecule has 0 aliphatic carbocycles. The first-order valence-electron chi connectivity index (χ1n) is 7.71. The molecule has 0 aliphatic heterocycles. The van der Waals surface area contributed by atoms with E-state index in [2.05, 4.69) is 26.0 Å². The summed E-state index contributed by atoms with van der Waals surface area (Å²) >= 11 is 0. The van der Waals surface area contributed by atoms with Crippen molar-refractivity contribution in [3.05, 3.63) is 54.3 Å². The van der Waals surface area contributed by atoms with Crippen LogP contribution in [0.5, 0.6) is 0 Å². The Morgan fingerprint density at radius 3 is 2.54 bits per heavy atom. The minimum absolute atomic E-state index is 0.160. The standard InChI is InChI=1S/C17H15FN6O2/c1-11(25)19-14-6-3-7-15(9-14)20-16(26)10-24-22-17(21-23-24)12-4-2-5-13(18)8-12/h2-9H,10H2,1H3,(H,19,25)(H,20,26). The van der Waals surface area contributed by atoms with Crippen LogP contribution in [0.15, 0.2) is 48.5 Å². The van der Waals surface area contributed by atoms with E-state index in [-0.39, 0.29) is 24.2 Å². The van der Waals surface area contributed by atoms with Crippen molar-refractivity contribution < 1.29 is 14.0 Å². The van der Waals surface area contributed by atoms with E-state index in [1.165, 1.54) is 19.1 Å². The van der Waals surface area contributed by atoms with Gasteiger partial charge < -0.3 is 10.6 Å². The normalized spacial score (nSPS) is 10.4. The van der Waals surface area contributed by atoms with Crippen molar-refractivity contribution in [1.82, 2.24) is 20.2 Å². The first-order valence-corrected chi connectivity index (χ1v) is 7.71. The highest BCUT2D eigenvalue weighted by atomic mass is 19.1. The number of amides is 2. The predicted octanol–water partition coefficient (Wildman–Crippen LogP) is 2.08. The van der Waals surface area contributed by atoms with E-state index in [1.54, 1.807) is 36.4 Å². The van der Waals surface area contributed by atoms with Crippen LogP contribution in [0.3, 0.4) is 0 Å². The lowest BCUT2D eigenvalue weighted by molar-refractivity contribution is -0.117. The summed E-state index contributed by atoms with van der Waals surface area (Å²) in [6.45, 7) is 1.24. The molecule has 0 bridgehead atoms. The van der Waals surface area contributed by atoms with Gasteiger partial charge in [-0.25, -0.2) is 4.39 Å². The van der Waals surface area contributed by atoms with E-state index in [9.17, 15) is 14.0 Å². The zero-order valence-corrected chi connectivity index (χ0v) is 13.8. The second-order valence-corrected chi connectivity index (χ2v) is 5.46. The molecule has 0 aliphatic rings. The van der Waals surface area contributed by atoms with Gasteiger partial charge in [0.1, 0.15) is 12.4 Å². The number of halogens is 1. The Bertz CT molecular complexity index is 956. The summed E-state index contributed by atoms with van der Waals surface area (Å²) in [6.07, 6.45) is 0. The number of anilines is 2. The van der Waals surface area contributed by atoms with Crippen molar-refractivity contribution in [3.63, 3.8) is 0 Å². The maximum atomic E-state index is 13.3. The molecule has 132 valence electrons. The number of hydrogen-bond donors (Lipinski definition) is 2. The molecular formula is C17H15FN6O2. The molecule has 3 aromatic rings. The van der Waals surface area contributed by atoms with Gasteiger partial charge in [-0.05, 0) is 35.5 Å². The zero-order chi connectivity index (χ0) is 18.5. The number of nitrogens with zero attached hydrogens (tertiary/aromatic N) is 4. The number of tetrazole rings is 1. The third kappa shape index (κ3) is 4.47. The highest BCUT2D eigenvalue weighted by Crippen LogP contribution is 2.16. The Morgan fingerprint density at radius 1 is 1.08 bits per heavy atom. The SMILES string of the molecule is CC(=O)Nc1cccc(NC(=O)Cn2nnc(-c3cccc(F)c3)n2)c1. The Kier molecular flexibility index (Phi) is 4.97. The summed E-state index contributed by atoms with van der Waals surface area (Å²) in [5, 5.41) is 17.0. The van der Waals surface area contributed by atoms with Gasteiger partial charge in [-0.2, -0.15) is 4.80 Å². The molecule has 0 radical (unpaired) electrons. The van der Waals surface area contributed by atoms with Crippen molar-refractivity contribution in [3.8, 4) is 11.4 Å². The molecule has 2 amide bonds. The molecule has 2 aromatic carbocycles. The second kappa shape index (κ2) is 7.51. The van der Waals surface area contributed by atoms with Crippen molar-refractivity contribution in [2.45, 2.75) is 13.5 Å². The zero-order valence-electron chi connectivity index (χ0n) is 13.8. The van der Waals surface area contributed by atoms with Crippen molar-refractivity contribution >= 4 is 23.2 Å². The molecule has 1 aromatic heterocycles. The highest BCUT2D eigenvalue weighted by Gasteiger charge is 2.10. The molecule has 1 heterocycles. The van der Waals surface area contributed by atoms with Crippen LogP contribution < -0.4 is 10.6 Å². The molecule has 0 saturated heterocycles. The van der Waals surface area contributed by atoms with Crippen LogP contribution in [0.4, 0.5) is 15.8 Å². The third-order valence-electron chi connectivity index (χ3n) is 3.29. The summed E-state index contributed by atoms with van der Waals surface area (Å²) < 4.78 is 13.3. The van der Waals surface area contributed by atoms with E-state index in [4.69, 9.17) is 0 Å². The number of rotatable bonds is 5. The number of carbonyl (C=O) groups is 2.